The van der Waals surface area contributed by atoms with Crippen LogP contribution >= 0.6 is 0 Å². The molecule has 0 aromatic heterocycles. The van der Waals surface area contributed by atoms with Crippen molar-refractivity contribution in [1.82, 2.24) is 10.2 Å². The molecule has 4 nitrogen and oxygen atoms in total. The molecule has 4 heteroatoms. The van der Waals surface area contributed by atoms with Gasteiger partial charge in [0.1, 0.15) is 0 Å². The lowest BCUT2D eigenvalue weighted by Crippen LogP contribution is -2.51. The van der Waals surface area contributed by atoms with E-state index in [2.05, 4.69) is 5.32 Å². The smallest absolute Gasteiger partial charge is 0.224 e. The van der Waals surface area contributed by atoms with Crippen LogP contribution in [0, 0.1) is 0 Å². The second-order valence-corrected chi connectivity index (χ2v) is 5.77. The third-order valence-electron chi connectivity index (χ3n) is 3.61. The fourth-order valence-electron chi connectivity index (χ4n) is 2.67. The summed E-state index contributed by atoms with van der Waals surface area (Å²) in [5, 5.41) is 3.43. The van der Waals surface area contributed by atoms with Crippen LogP contribution in [-0.2, 0) is 9.53 Å². The standard InChI is InChI=1S/C13H24N2O2/c1-13(2)10-15(7-8-17-13)12(16)9-11-5-3-4-6-14-11/h11,14H,3-10H2,1-2H3. The molecule has 2 rings (SSSR count). The van der Waals surface area contributed by atoms with Gasteiger partial charge in [0, 0.05) is 25.6 Å². The van der Waals surface area contributed by atoms with Gasteiger partial charge in [0.05, 0.1) is 12.2 Å². The summed E-state index contributed by atoms with van der Waals surface area (Å²) >= 11 is 0. The lowest BCUT2D eigenvalue weighted by atomic mass is 10.0. The largest absolute Gasteiger partial charge is 0.372 e. The minimum atomic E-state index is -0.187. The van der Waals surface area contributed by atoms with E-state index in [4.69, 9.17) is 4.74 Å². The van der Waals surface area contributed by atoms with Crippen LogP contribution in [-0.4, -0.2) is 48.7 Å². The van der Waals surface area contributed by atoms with E-state index < -0.39 is 0 Å². The van der Waals surface area contributed by atoms with Gasteiger partial charge in [-0.1, -0.05) is 6.42 Å². The number of hydrogen-bond acceptors (Lipinski definition) is 3. The first kappa shape index (κ1) is 12.8. The number of nitrogens with zero attached hydrogens (tertiary/aromatic N) is 1. The topological polar surface area (TPSA) is 41.6 Å². The number of amides is 1. The number of rotatable bonds is 2. The summed E-state index contributed by atoms with van der Waals surface area (Å²) in [7, 11) is 0. The molecule has 1 amide bonds. The van der Waals surface area contributed by atoms with Crippen molar-refractivity contribution in [2.24, 2.45) is 0 Å². The molecule has 2 fully saturated rings. The Balaban J connectivity index is 1.82. The van der Waals surface area contributed by atoms with Crippen molar-refractivity contribution in [3.8, 4) is 0 Å². The van der Waals surface area contributed by atoms with Crippen LogP contribution in [0.3, 0.4) is 0 Å². The van der Waals surface area contributed by atoms with Crippen molar-refractivity contribution in [2.45, 2.75) is 51.2 Å². The maximum atomic E-state index is 12.2. The summed E-state index contributed by atoms with van der Waals surface area (Å²) in [5.74, 6) is 0.278. The molecule has 0 aromatic rings. The molecule has 0 bridgehead atoms. The third kappa shape index (κ3) is 3.68. The van der Waals surface area contributed by atoms with Crippen LogP contribution in [0.4, 0.5) is 0 Å². The van der Waals surface area contributed by atoms with E-state index in [9.17, 15) is 4.79 Å². The Labute approximate surface area is 104 Å². The van der Waals surface area contributed by atoms with E-state index >= 15 is 0 Å². The number of morpholine rings is 1. The van der Waals surface area contributed by atoms with Crippen molar-refractivity contribution in [1.29, 1.82) is 0 Å². The van der Waals surface area contributed by atoms with Crippen molar-refractivity contribution in [2.75, 3.05) is 26.2 Å². The van der Waals surface area contributed by atoms with Crippen molar-refractivity contribution in [3.63, 3.8) is 0 Å². The maximum Gasteiger partial charge on any atom is 0.224 e. The first-order valence-electron chi connectivity index (χ1n) is 6.72. The molecular formula is C13H24N2O2. The molecule has 0 aromatic carbocycles. The van der Waals surface area contributed by atoms with Crippen molar-refractivity contribution in [3.05, 3.63) is 0 Å². The number of nitrogens with one attached hydrogen (secondary N) is 1. The van der Waals surface area contributed by atoms with Gasteiger partial charge in [-0.15, -0.1) is 0 Å². The number of hydrogen-bond donors (Lipinski definition) is 1. The molecule has 1 N–H and O–H groups in total. The van der Waals surface area contributed by atoms with Gasteiger partial charge in [0.25, 0.3) is 0 Å². The third-order valence-corrected chi connectivity index (χ3v) is 3.61. The molecule has 2 saturated heterocycles. The first-order valence-corrected chi connectivity index (χ1v) is 6.72. The summed E-state index contributed by atoms with van der Waals surface area (Å²) in [6.45, 7) is 7.29. The average Bonchev–Trinajstić information content (AvgIpc) is 2.29. The highest BCUT2D eigenvalue weighted by Crippen LogP contribution is 2.18. The molecule has 2 aliphatic rings. The summed E-state index contributed by atoms with van der Waals surface area (Å²) in [6.07, 6.45) is 4.28. The fourth-order valence-corrected chi connectivity index (χ4v) is 2.67. The second-order valence-electron chi connectivity index (χ2n) is 5.77. The van der Waals surface area contributed by atoms with Gasteiger partial charge >= 0.3 is 0 Å². The van der Waals surface area contributed by atoms with E-state index in [1.54, 1.807) is 0 Å². The predicted octanol–water partition coefficient (Wildman–Crippen LogP) is 1.16. The van der Waals surface area contributed by atoms with E-state index in [1.807, 2.05) is 18.7 Å². The maximum absolute atomic E-state index is 12.2. The molecule has 0 radical (unpaired) electrons. The van der Waals surface area contributed by atoms with Crippen LogP contribution in [0.5, 0.6) is 0 Å². The molecule has 2 heterocycles. The van der Waals surface area contributed by atoms with Gasteiger partial charge in [0.2, 0.25) is 5.91 Å². The minimum Gasteiger partial charge on any atom is -0.372 e. The number of piperidine rings is 1. The molecule has 1 unspecified atom stereocenters. The van der Waals surface area contributed by atoms with Gasteiger partial charge in [-0.05, 0) is 33.2 Å². The zero-order chi connectivity index (χ0) is 12.3. The highest BCUT2D eigenvalue weighted by molar-refractivity contribution is 5.77. The molecule has 0 spiro atoms. The van der Waals surface area contributed by atoms with Gasteiger partial charge in [0.15, 0.2) is 0 Å². The molecule has 98 valence electrons. The van der Waals surface area contributed by atoms with Crippen LogP contribution < -0.4 is 5.32 Å². The average molecular weight is 240 g/mol. The Hall–Kier alpha value is -0.610. The fraction of sp³-hybridized carbons (Fsp3) is 0.923. The first-order chi connectivity index (χ1) is 8.07. The van der Waals surface area contributed by atoms with Crippen LogP contribution in [0.1, 0.15) is 39.5 Å². The zero-order valence-corrected chi connectivity index (χ0v) is 11.0. The van der Waals surface area contributed by atoms with Crippen molar-refractivity contribution >= 4 is 5.91 Å². The van der Waals surface area contributed by atoms with E-state index in [0.29, 0.717) is 19.1 Å². The molecule has 2 aliphatic heterocycles. The minimum absolute atomic E-state index is 0.187. The zero-order valence-electron chi connectivity index (χ0n) is 11.0. The number of carbonyl (C=O) groups is 1. The van der Waals surface area contributed by atoms with E-state index in [1.165, 1.54) is 12.8 Å². The number of ether oxygens (including phenoxy) is 1. The van der Waals surface area contributed by atoms with E-state index in [0.717, 1.165) is 26.1 Å². The molecular weight excluding hydrogens is 216 g/mol. The summed E-state index contributed by atoms with van der Waals surface area (Å²) in [4.78, 5) is 14.1. The van der Waals surface area contributed by atoms with Crippen LogP contribution in [0.2, 0.25) is 0 Å². The van der Waals surface area contributed by atoms with Crippen LogP contribution in [0.15, 0.2) is 0 Å². The van der Waals surface area contributed by atoms with Gasteiger partial charge in [-0.25, -0.2) is 0 Å². The van der Waals surface area contributed by atoms with E-state index in [-0.39, 0.29) is 11.5 Å². The second kappa shape index (κ2) is 5.36. The van der Waals surface area contributed by atoms with Gasteiger partial charge in [-0.2, -0.15) is 0 Å². The van der Waals surface area contributed by atoms with Crippen LogP contribution in [0.25, 0.3) is 0 Å². The Kier molecular flexibility index (Phi) is 4.05. The quantitative estimate of drug-likeness (QED) is 0.787. The number of carbonyl (C=O) groups excluding carboxylic acids is 1. The Morgan fingerprint density at radius 1 is 1.47 bits per heavy atom. The molecule has 0 saturated carbocycles. The Morgan fingerprint density at radius 3 is 2.94 bits per heavy atom. The lowest BCUT2D eigenvalue weighted by molar-refractivity contribution is -0.146. The highest BCUT2D eigenvalue weighted by atomic mass is 16.5. The molecule has 0 aliphatic carbocycles. The normalized spacial score (nSPS) is 29.1. The Bertz CT molecular complexity index is 273. The van der Waals surface area contributed by atoms with Gasteiger partial charge in [-0.3, -0.25) is 4.79 Å². The summed E-state index contributed by atoms with van der Waals surface area (Å²) in [5.41, 5.74) is -0.187. The van der Waals surface area contributed by atoms with Gasteiger partial charge < -0.3 is 15.0 Å². The lowest BCUT2D eigenvalue weighted by Gasteiger charge is -2.39. The molecule has 1 atom stereocenters. The summed E-state index contributed by atoms with van der Waals surface area (Å²) in [6, 6.07) is 0.391. The summed E-state index contributed by atoms with van der Waals surface area (Å²) < 4.78 is 5.63. The Morgan fingerprint density at radius 2 is 2.29 bits per heavy atom. The highest BCUT2D eigenvalue weighted by Gasteiger charge is 2.30. The SMILES string of the molecule is CC1(C)CN(C(=O)CC2CCCCN2)CCO1. The molecule has 17 heavy (non-hydrogen) atoms. The van der Waals surface area contributed by atoms with Crippen molar-refractivity contribution < 1.29 is 9.53 Å². The predicted molar refractivity (Wildman–Crippen MR) is 66.9 cm³/mol. The monoisotopic (exact) mass is 240 g/mol.